The van der Waals surface area contributed by atoms with Gasteiger partial charge in [-0.2, -0.15) is 0 Å². The highest BCUT2D eigenvalue weighted by Gasteiger charge is 2.29. The van der Waals surface area contributed by atoms with Crippen LogP contribution in [0, 0.1) is 11.8 Å². The van der Waals surface area contributed by atoms with Gasteiger partial charge in [0.1, 0.15) is 0 Å². The van der Waals surface area contributed by atoms with E-state index in [2.05, 4.69) is 10.6 Å². The summed E-state index contributed by atoms with van der Waals surface area (Å²) < 4.78 is 22.8. The Hall–Kier alpha value is -3.12. The van der Waals surface area contributed by atoms with Gasteiger partial charge in [-0.15, -0.1) is 0 Å². The first-order valence-electron chi connectivity index (χ1n) is 14.1. The van der Waals surface area contributed by atoms with Crippen molar-refractivity contribution in [3.8, 4) is 0 Å². The second kappa shape index (κ2) is 13.5. The third-order valence-corrected chi connectivity index (χ3v) is 7.88. The summed E-state index contributed by atoms with van der Waals surface area (Å²) in [6.45, 7) is 3.21. The molecule has 0 spiro atoms. The first kappa shape index (κ1) is 28.4. The standard InChI is InChI=1S/C29H37N3O8/c33-24(8-4-19-3-7-22(28-37-13-14-38-28)23(17-19)29-39-15-16-40-29)31-18-20-1-5-21(6-2-20)27(36)30-11-12-32-25(34)9-10-26(32)35/h3,7,9-10,17,20-21,28-29H,1-2,4-6,8,11-16,18H2,(H,30,36)(H,31,33)/t20-,21-. The summed E-state index contributed by atoms with van der Waals surface area (Å²) in [5.41, 5.74) is 2.81. The fourth-order valence-electron chi connectivity index (χ4n) is 5.59. The summed E-state index contributed by atoms with van der Waals surface area (Å²) in [7, 11) is 0. The lowest BCUT2D eigenvalue weighted by atomic mass is 9.81. The molecule has 2 N–H and O–H groups in total. The Balaban J connectivity index is 1.01. The second-order valence-corrected chi connectivity index (χ2v) is 10.6. The summed E-state index contributed by atoms with van der Waals surface area (Å²) >= 11 is 0. The van der Waals surface area contributed by atoms with Crippen LogP contribution in [-0.4, -0.2) is 74.6 Å². The van der Waals surface area contributed by atoms with Gasteiger partial charge in [0, 0.05) is 55.3 Å². The summed E-state index contributed by atoms with van der Waals surface area (Å²) in [5, 5.41) is 5.91. The summed E-state index contributed by atoms with van der Waals surface area (Å²) in [6, 6.07) is 5.99. The van der Waals surface area contributed by atoms with Crippen molar-refractivity contribution in [1.29, 1.82) is 0 Å². The van der Waals surface area contributed by atoms with Crippen LogP contribution in [-0.2, 0) is 44.5 Å². The van der Waals surface area contributed by atoms with Gasteiger partial charge < -0.3 is 29.6 Å². The molecule has 4 amide bonds. The molecule has 1 aliphatic carbocycles. The zero-order valence-corrected chi connectivity index (χ0v) is 22.6. The Morgan fingerprint density at radius 1 is 0.825 bits per heavy atom. The van der Waals surface area contributed by atoms with Gasteiger partial charge in [0.2, 0.25) is 11.8 Å². The molecule has 0 unspecified atom stereocenters. The number of carbonyl (C=O) groups excluding carboxylic acids is 4. The molecule has 1 aromatic carbocycles. The SMILES string of the molecule is O=C(CCc1ccc(C2OCCO2)c(C2OCCO2)c1)NC[C@H]1CC[C@H](C(=O)NCCN2C(=O)C=CC2=O)CC1. The first-order chi connectivity index (χ1) is 19.5. The lowest BCUT2D eigenvalue weighted by Gasteiger charge is -2.28. The van der Waals surface area contributed by atoms with Crippen LogP contribution in [0.1, 0.15) is 61.4 Å². The van der Waals surface area contributed by atoms with Crippen LogP contribution in [0.5, 0.6) is 0 Å². The number of hydrogen-bond acceptors (Lipinski definition) is 8. The highest BCUT2D eigenvalue weighted by atomic mass is 16.7. The van der Waals surface area contributed by atoms with Gasteiger partial charge in [-0.05, 0) is 43.6 Å². The summed E-state index contributed by atoms with van der Waals surface area (Å²) in [5.74, 6) is -0.473. The molecule has 0 atom stereocenters. The topological polar surface area (TPSA) is 132 Å². The third kappa shape index (κ3) is 7.14. The molecule has 3 fully saturated rings. The molecule has 5 rings (SSSR count). The Morgan fingerprint density at radius 2 is 1.45 bits per heavy atom. The maximum absolute atomic E-state index is 12.6. The average molecular weight is 556 g/mol. The highest BCUT2D eigenvalue weighted by Crippen LogP contribution is 2.34. The Bertz CT molecular complexity index is 1100. The summed E-state index contributed by atoms with van der Waals surface area (Å²) in [6.07, 6.45) is 5.80. The number of imide groups is 1. The normalized spacial score (nSPS) is 23.8. The van der Waals surface area contributed by atoms with E-state index in [0.29, 0.717) is 51.7 Å². The van der Waals surface area contributed by atoms with E-state index in [9.17, 15) is 19.2 Å². The van der Waals surface area contributed by atoms with Crippen LogP contribution in [0.3, 0.4) is 0 Å². The van der Waals surface area contributed by atoms with Gasteiger partial charge >= 0.3 is 0 Å². The minimum atomic E-state index is -0.454. The van der Waals surface area contributed by atoms with Crippen LogP contribution in [0.25, 0.3) is 0 Å². The van der Waals surface area contributed by atoms with E-state index >= 15 is 0 Å². The van der Waals surface area contributed by atoms with Gasteiger partial charge in [0.25, 0.3) is 11.8 Å². The lowest BCUT2D eigenvalue weighted by Crippen LogP contribution is -2.41. The second-order valence-electron chi connectivity index (χ2n) is 10.6. The van der Waals surface area contributed by atoms with Crippen molar-refractivity contribution >= 4 is 23.6 Å². The fourth-order valence-corrected chi connectivity index (χ4v) is 5.59. The number of ether oxygens (including phenoxy) is 4. The number of rotatable bonds is 11. The number of carbonyl (C=O) groups is 4. The molecule has 1 aromatic rings. The van der Waals surface area contributed by atoms with Crippen LogP contribution in [0.4, 0.5) is 0 Å². The van der Waals surface area contributed by atoms with Crippen LogP contribution in [0.2, 0.25) is 0 Å². The van der Waals surface area contributed by atoms with E-state index in [0.717, 1.165) is 47.3 Å². The molecular weight excluding hydrogens is 518 g/mol. The molecular formula is C29H37N3O8. The molecule has 40 heavy (non-hydrogen) atoms. The zero-order chi connectivity index (χ0) is 27.9. The first-order valence-corrected chi connectivity index (χ1v) is 14.1. The largest absolute Gasteiger partial charge is 0.356 e. The van der Waals surface area contributed by atoms with Crippen molar-refractivity contribution < 1.29 is 38.1 Å². The van der Waals surface area contributed by atoms with E-state index in [4.69, 9.17) is 18.9 Å². The van der Waals surface area contributed by atoms with Gasteiger partial charge in [-0.3, -0.25) is 24.1 Å². The minimum Gasteiger partial charge on any atom is -0.356 e. The van der Waals surface area contributed by atoms with E-state index in [1.165, 1.54) is 12.2 Å². The Kier molecular flexibility index (Phi) is 9.58. The Morgan fingerprint density at radius 3 is 2.10 bits per heavy atom. The van der Waals surface area contributed by atoms with Crippen LogP contribution in [0.15, 0.2) is 30.4 Å². The molecule has 2 saturated heterocycles. The smallest absolute Gasteiger partial charge is 0.253 e. The van der Waals surface area contributed by atoms with Crippen molar-refractivity contribution in [2.24, 2.45) is 11.8 Å². The quantitative estimate of drug-likeness (QED) is 0.394. The number of aryl methyl sites for hydroxylation is 1. The van der Waals surface area contributed by atoms with Crippen molar-refractivity contribution in [2.75, 3.05) is 46.1 Å². The number of amides is 4. The molecule has 216 valence electrons. The maximum Gasteiger partial charge on any atom is 0.253 e. The van der Waals surface area contributed by atoms with E-state index in [1.54, 1.807) is 0 Å². The minimum absolute atomic E-state index is 0.00168. The van der Waals surface area contributed by atoms with Gasteiger partial charge in [0.05, 0.1) is 26.4 Å². The highest BCUT2D eigenvalue weighted by molar-refractivity contribution is 6.12. The van der Waals surface area contributed by atoms with Crippen LogP contribution < -0.4 is 10.6 Å². The molecule has 3 aliphatic heterocycles. The summed E-state index contributed by atoms with van der Waals surface area (Å²) in [4.78, 5) is 49.4. The maximum atomic E-state index is 12.6. The number of nitrogens with one attached hydrogen (secondary N) is 2. The number of hydrogen-bond donors (Lipinski definition) is 2. The average Bonchev–Trinajstić information content (AvgIpc) is 3.76. The molecule has 11 heteroatoms. The van der Waals surface area contributed by atoms with Gasteiger partial charge in [-0.1, -0.05) is 18.2 Å². The third-order valence-electron chi connectivity index (χ3n) is 7.88. The van der Waals surface area contributed by atoms with Crippen molar-refractivity contribution in [1.82, 2.24) is 15.5 Å². The molecule has 0 radical (unpaired) electrons. The predicted octanol–water partition coefficient (Wildman–Crippen LogP) is 1.67. The van der Waals surface area contributed by atoms with E-state index < -0.39 is 12.6 Å². The molecule has 1 saturated carbocycles. The molecule has 3 heterocycles. The molecule has 4 aliphatic rings. The van der Waals surface area contributed by atoms with E-state index in [1.807, 2.05) is 18.2 Å². The van der Waals surface area contributed by atoms with Gasteiger partial charge in [-0.25, -0.2) is 0 Å². The monoisotopic (exact) mass is 555 g/mol. The van der Waals surface area contributed by atoms with Crippen molar-refractivity contribution in [2.45, 2.75) is 51.1 Å². The molecule has 0 bridgehead atoms. The fraction of sp³-hybridized carbons (Fsp3) is 0.586. The van der Waals surface area contributed by atoms with Crippen molar-refractivity contribution in [3.05, 3.63) is 47.0 Å². The lowest BCUT2D eigenvalue weighted by molar-refractivity contribution is -0.137. The molecule has 11 nitrogen and oxygen atoms in total. The number of nitrogens with zero attached hydrogens (tertiary/aromatic N) is 1. The number of benzene rings is 1. The zero-order valence-electron chi connectivity index (χ0n) is 22.6. The van der Waals surface area contributed by atoms with E-state index in [-0.39, 0.29) is 42.6 Å². The van der Waals surface area contributed by atoms with Crippen LogP contribution >= 0.6 is 0 Å². The van der Waals surface area contributed by atoms with Gasteiger partial charge in [0.15, 0.2) is 12.6 Å². The predicted molar refractivity (Wildman–Crippen MR) is 141 cm³/mol. The Labute approximate surface area is 233 Å². The van der Waals surface area contributed by atoms with Crippen molar-refractivity contribution in [3.63, 3.8) is 0 Å². The molecule has 0 aromatic heterocycles.